The van der Waals surface area contributed by atoms with Crippen LogP contribution in [0.4, 0.5) is 0 Å². The lowest BCUT2D eigenvalue weighted by Gasteiger charge is -2.27. The number of nitrogens with zero attached hydrogens (tertiary/aromatic N) is 2. The zero-order chi connectivity index (χ0) is 15.2. The van der Waals surface area contributed by atoms with E-state index >= 15 is 0 Å². The van der Waals surface area contributed by atoms with Gasteiger partial charge in [0.05, 0.1) is 29.5 Å². The predicted molar refractivity (Wildman–Crippen MR) is 87.2 cm³/mol. The average molecular weight is 346 g/mol. The van der Waals surface area contributed by atoms with Gasteiger partial charge in [-0.3, -0.25) is 4.68 Å². The Morgan fingerprint density at radius 1 is 1.45 bits per heavy atom. The van der Waals surface area contributed by atoms with Crippen LogP contribution in [0.1, 0.15) is 39.8 Å². The van der Waals surface area contributed by atoms with Crippen molar-refractivity contribution in [1.29, 1.82) is 0 Å². The van der Waals surface area contributed by atoms with E-state index in [2.05, 4.69) is 58.7 Å². The Kier molecular flexibility index (Phi) is 7.20. The minimum atomic E-state index is 0.0764. The lowest BCUT2D eigenvalue weighted by molar-refractivity contribution is 0.180. The van der Waals surface area contributed by atoms with E-state index in [9.17, 15) is 0 Å². The van der Waals surface area contributed by atoms with Crippen molar-refractivity contribution < 1.29 is 4.74 Å². The number of hydrogen-bond donors (Lipinski definition) is 1. The molecule has 0 amide bonds. The van der Waals surface area contributed by atoms with Crippen LogP contribution >= 0.6 is 15.9 Å². The number of methoxy groups -OCH3 is 1. The molecule has 5 heteroatoms. The highest BCUT2D eigenvalue weighted by atomic mass is 79.9. The summed E-state index contributed by atoms with van der Waals surface area (Å²) in [5, 5.41) is 7.96. The highest BCUT2D eigenvalue weighted by Crippen LogP contribution is 2.32. The third-order valence-corrected chi connectivity index (χ3v) is 4.00. The van der Waals surface area contributed by atoms with E-state index in [-0.39, 0.29) is 5.41 Å². The summed E-state index contributed by atoms with van der Waals surface area (Å²) in [5.74, 6) is 0.692. The SMILES string of the molecule is COCCn1ncc(Br)c1C(C)(C)CCNCC(C)C. The number of aromatic nitrogens is 2. The van der Waals surface area contributed by atoms with Crippen molar-refractivity contribution in [3.8, 4) is 0 Å². The van der Waals surface area contributed by atoms with Crippen LogP contribution in [-0.4, -0.2) is 36.6 Å². The fourth-order valence-electron chi connectivity index (χ4n) is 2.29. The smallest absolute Gasteiger partial charge is 0.0659 e. The Morgan fingerprint density at radius 3 is 2.75 bits per heavy atom. The molecule has 0 unspecified atom stereocenters. The van der Waals surface area contributed by atoms with E-state index in [0.717, 1.165) is 30.5 Å². The molecule has 0 aromatic carbocycles. The number of halogens is 1. The monoisotopic (exact) mass is 345 g/mol. The Labute approximate surface area is 131 Å². The van der Waals surface area contributed by atoms with Gasteiger partial charge in [-0.2, -0.15) is 5.10 Å². The molecular weight excluding hydrogens is 318 g/mol. The van der Waals surface area contributed by atoms with Gasteiger partial charge in [0.15, 0.2) is 0 Å². The van der Waals surface area contributed by atoms with Gasteiger partial charge in [-0.25, -0.2) is 0 Å². The predicted octanol–water partition coefficient (Wildman–Crippen LogP) is 3.21. The molecule has 4 nitrogen and oxygen atoms in total. The molecule has 0 radical (unpaired) electrons. The van der Waals surface area contributed by atoms with Crippen LogP contribution < -0.4 is 5.32 Å². The van der Waals surface area contributed by atoms with Gasteiger partial charge in [-0.05, 0) is 41.4 Å². The van der Waals surface area contributed by atoms with E-state index in [4.69, 9.17) is 4.74 Å². The average Bonchev–Trinajstić information content (AvgIpc) is 2.74. The summed E-state index contributed by atoms with van der Waals surface area (Å²) in [6.07, 6.45) is 2.96. The van der Waals surface area contributed by atoms with Crippen molar-refractivity contribution in [2.24, 2.45) is 5.92 Å². The first-order valence-electron chi connectivity index (χ1n) is 7.30. The quantitative estimate of drug-likeness (QED) is 0.698. The number of rotatable bonds is 9. The summed E-state index contributed by atoms with van der Waals surface area (Å²) in [6, 6.07) is 0. The van der Waals surface area contributed by atoms with Gasteiger partial charge in [0.1, 0.15) is 0 Å². The largest absolute Gasteiger partial charge is 0.383 e. The second kappa shape index (κ2) is 8.15. The Balaban J connectivity index is 2.67. The minimum Gasteiger partial charge on any atom is -0.383 e. The molecule has 0 aliphatic heterocycles. The van der Waals surface area contributed by atoms with Crippen molar-refractivity contribution in [3.05, 3.63) is 16.4 Å². The Hall–Kier alpha value is -0.390. The molecular formula is C15H28BrN3O. The van der Waals surface area contributed by atoms with E-state index < -0.39 is 0 Å². The molecule has 0 saturated heterocycles. The summed E-state index contributed by atoms with van der Waals surface area (Å²) in [6.45, 7) is 12.6. The summed E-state index contributed by atoms with van der Waals surface area (Å²) in [7, 11) is 1.72. The van der Waals surface area contributed by atoms with E-state index in [1.54, 1.807) is 7.11 Å². The van der Waals surface area contributed by atoms with Crippen molar-refractivity contribution >= 4 is 15.9 Å². The third kappa shape index (κ3) is 5.19. The van der Waals surface area contributed by atoms with Crippen LogP contribution in [0.25, 0.3) is 0 Å². The maximum Gasteiger partial charge on any atom is 0.0659 e. The molecule has 0 aliphatic rings. The molecule has 0 fully saturated rings. The first-order valence-corrected chi connectivity index (χ1v) is 8.09. The molecule has 0 aliphatic carbocycles. The number of ether oxygens (including phenoxy) is 1. The normalized spacial score (nSPS) is 12.3. The molecule has 1 heterocycles. The van der Waals surface area contributed by atoms with Gasteiger partial charge in [0.2, 0.25) is 0 Å². The van der Waals surface area contributed by atoms with Crippen molar-refractivity contribution in [1.82, 2.24) is 15.1 Å². The maximum absolute atomic E-state index is 5.16. The molecule has 20 heavy (non-hydrogen) atoms. The van der Waals surface area contributed by atoms with E-state index in [1.165, 1.54) is 5.69 Å². The van der Waals surface area contributed by atoms with Crippen LogP contribution in [0.3, 0.4) is 0 Å². The molecule has 0 saturated carbocycles. The van der Waals surface area contributed by atoms with Crippen molar-refractivity contribution in [3.63, 3.8) is 0 Å². The van der Waals surface area contributed by atoms with Crippen LogP contribution in [0.2, 0.25) is 0 Å². The van der Waals surface area contributed by atoms with Crippen LogP contribution in [0.5, 0.6) is 0 Å². The summed E-state index contributed by atoms with van der Waals surface area (Å²) in [5.41, 5.74) is 1.33. The summed E-state index contributed by atoms with van der Waals surface area (Å²) >= 11 is 3.63. The molecule has 1 aromatic heterocycles. The zero-order valence-electron chi connectivity index (χ0n) is 13.4. The number of hydrogen-bond acceptors (Lipinski definition) is 3. The van der Waals surface area contributed by atoms with Gasteiger partial charge in [0, 0.05) is 12.5 Å². The first kappa shape index (κ1) is 17.7. The molecule has 116 valence electrons. The van der Waals surface area contributed by atoms with Crippen molar-refractivity contribution in [2.45, 2.75) is 46.1 Å². The molecule has 0 atom stereocenters. The van der Waals surface area contributed by atoms with Crippen LogP contribution in [0, 0.1) is 5.92 Å². The number of nitrogens with one attached hydrogen (secondary N) is 1. The summed E-state index contributed by atoms with van der Waals surface area (Å²) in [4.78, 5) is 0. The van der Waals surface area contributed by atoms with Gasteiger partial charge in [-0.15, -0.1) is 0 Å². The first-order chi connectivity index (χ1) is 9.38. The lowest BCUT2D eigenvalue weighted by Crippen LogP contribution is -2.30. The molecule has 1 rings (SSSR count). The lowest BCUT2D eigenvalue weighted by atomic mass is 9.85. The topological polar surface area (TPSA) is 39.1 Å². The van der Waals surface area contributed by atoms with Crippen LogP contribution in [-0.2, 0) is 16.7 Å². The van der Waals surface area contributed by atoms with E-state index in [1.807, 2.05) is 6.20 Å². The maximum atomic E-state index is 5.16. The van der Waals surface area contributed by atoms with Gasteiger partial charge in [0.25, 0.3) is 0 Å². The highest BCUT2D eigenvalue weighted by Gasteiger charge is 2.27. The highest BCUT2D eigenvalue weighted by molar-refractivity contribution is 9.10. The minimum absolute atomic E-state index is 0.0764. The molecule has 0 spiro atoms. The molecule has 1 aromatic rings. The Bertz CT molecular complexity index is 402. The zero-order valence-corrected chi connectivity index (χ0v) is 15.0. The van der Waals surface area contributed by atoms with Crippen molar-refractivity contribution in [2.75, 3.05) is 26.8 Å². The second-order valence-corrected chi connectivity index (χ2v) is 7.14. The van der Waals surface area contributed by atoms with Gasteiger partial charge >= 0.3 is 0 Å². The molecule has 1 N–H and O–H groups in total. The molecule has 0 bridgehead atoms. The van der Waals surface area contributed by atoms with Gasteiger partial charge < -0.3 is 10.1 Å². The fraction of sp³-hybridized carbons (Fsp3) is 0.800. The fourth-order valence-corrected chi connectivity index (χ4v) is 3.13. The van der Waals surface area contributed by atoms with Gasteiger partial charge in [-0.1, -0.05) is 27.7 Å². The third-order valence-electron chi connectivity index (χ3n) is 3.42. The Morgan fingerprint density at radius 2 is 2.15 bits per heavy atom. The second-order valence-electron chi connectivity index (χ2n) is 6.29. The van der Waals surface area contributed by atoms with Crippen LogP contribution in [0.15, 0.2) is 10.7 Å². The standard InChI is InChI=1S/C15H28BrN3O/c1-12(2)10-17-7-6-15(3,4)14-13(16)11-18-19(14)8-9-20-5/h11-12,17H,6-10H2,1-5H3. The van der Waals surface area contributed by atoms with E-state index in [0.29, 0.717) is 12.5 Å². The summed E-state index contributed by atoms with van der Waals surface area (Å²) < 4.78 is 8.30.